The number of hydrogen-bond donors (Lipinski definition) is 0. The third-order valence-electron chi connectivity index (χ3n) is 4.22. The Hall–Kier alpha value is -3.54. The SMILES string of the molecule is Cn1c(-c2ccccc2)cc2oc(=O)nc(-c3ccc(F)cc3)c2c1=O. The second-order valence-corrected chi connectivity index (χ2v) is 5.83. The van der Waals surface area contributed by atoms with E-state index in [0.717, 1.165) is 5.56 Å². The van der Waals surface area contributed by atoms with E-state index in [4.69, 9.17) is 4.42 Å². The van der Waals surface area contributed by atoms with Crippen LogP contribution in [0.15, 0.2) is 74.7 Å². The van der Waals surface area contributed by atoms with Crippen LogP contribution in [0, 0.1) is 5.82 Å². The van der Waals surface area contributed by atoms with E-state index in [1.54, 1.807) is 13.1 Å². The van der Waals surface area contributed by atoms with Crippen LogP contribution in [-0.2, 0) is 7.05 Å². The molecule has 6 heteroatoms. The first-order chi connectivity index (χ1) is 12.5. The predicted molar refractivity (Wildman–Crippen MR) is 96.4 cm³/mol. The summed E-state index contributed by atoms with van der Waals surface area (Å²) >= 11 is 0. The predicted octanol–water partition coefficient (Wildman–Crippen LogP) is 3.36. The molecule has 0 amide bonds. The third kappa shape index (κ3) is 2.61. The topological polar surface area (TPSA) is 65.1 Å². The van der Waals surface area contributed by atoms with Crippen molar-refractivity contribution in [2.24, 2.45) is 7.05 Å². The minimum atomic E-state index is -0.816. The summed E-state index contributed by atoms with van der Waals surface area (Å²) in [6, 6.07) is 16.4. The third-order valence-corrected chi connectivity index (χ3v) is 4.22. The summed E-state index contributed by atoms with van der Waals surface area (Å²) in [5.74, 6) is -1.23. The number of nitrogens with zero attached hydrogens (tertiary/aromatic N) is 2. The van der Waals surface area contributed by atoms with Gasteiger partial charge in [0.1, 0.15) is 16.8 Å². The van der Waals surface area contributed by atoms with Crippen molar-refractivity contribution in [2.75, 3.05) is 0 Å². The summed E-state index contributed by atoms with van der Waals surface area (Å²) in [6.07, 6.45) is 0. The van der Waals surface area contributed by atoms with Crippen molar-refractivity contribution in [3.05, 3.63) is 87.4 Å². The second-order valence-electron chi connectivity index (χ2n) is 5.83. The Morgan fingerprint density at radius 2 is 1.65 bits per heavy atom. The first-order valence-corrected chi connectivity index (χ1v) is 7.91. The minimum absolute atomic E-state index is 0.145. The molecule has 0 radical (unpaired) electrons. The van der Waals surface area contributed by atoms with Gasteiger partial charge in [0.25, 0.3) is 5.56 Å². The molecule has 0 fully saturated rings. The lowest BCUT2D eigenvalue weighted by Gasteiger charge is -2.11. The molecule has 0 saturated carbocycles. The largest absolute Gasteiger partial charge is 0.439 e. The molecule has 0 aliphatic heterocycles. The van der Waals surface area contributed by atoms with Gasteiger partial charge in [-0.25, -0.2) is 9.18 Å². The lowest BCUT2D eigenvalue weighted by molar-refractivity contribution is 0.531. The standard InChI is InChI=1S/C20H13FN2O3/c1-23-15(12-5-3-2-4-6-12)11-16-17(19(23)24)18(22-20(25)26-16)13-7-9-14(21)10-8-13/h2-11H,1H3. The van der Waals surface area contributed by atoms with Crippen LogP contribution in [0.4, 0.5) is 4.39 Å². The molecule has 0 unspecified atom stereocenters. The molecule has 128 valence electrons. The van der Waals surface area contributed by atoms with Gasteiger partial charge in [0.2, 0.25) is 0 Å². The smallest absolute Gasteiger partial charge is 0.408 e. The van der Waals surface area contributed by atoms with Crippen molar-refractivity contribution in [3.8, 4) is 22.5 Å². The van der Waals surface area contributed by atoms with Crippen molar-refractivity contribution in [2.45, 2.75) is 0 Å². The van der Waals surface area contributed by atoms with E-state index in [0.29, 0.717) is 11.3 Å². The minimum Gasteiger partial charge on any atom is -0.408 e. The maximum Gasteiger partial charge on any atom is 0.439 e. The maximum atomic E-state index is 13.2. The molecule has 26 heavy (non-hydrogen) atoms. The number of rotatable bonds is 2. The monoisotopic (exact) mass is 348 g/mol. The molecule has 2 heterocycles. The highest BCUT2D eigenvalue weighted by atomic mass is 19.1. The highest BCUT2D eigenvalue weighted by Gasteiger charge is 2.17. The molecule has 0 aliphatic carbocycles. The van der Waals surface area contributed by atoms with Crippen LogP contribution >= 0.6 is 0 Å². The number of hydrogen-bond acceptors (Lipinski definition) is 4. The maximum absolute atomic E-state index is 13.2. The zero-order valence-electron chi connectivity index (χ0n) is 13.8. The zero-order valence-corrected chi connectivity index (χ0v) is 13.8. The van der Waals surface area contributed by atoms with Crippen LogP contribution in [0.3, 0.4) is 0 Å². The van der Waals surface area contributed by atoms with Gasteiger partial charge in [0.15, 0.2) is 0 Å². The van der Waals surface area contributed by atoms with E-state index in [1.165, 1.54) is 28.8 Å². The highest BCUT2D eigenvalue weighted by molar-refractivity contribution is 5.92. The fraction of sp³-hybridized carbons (Fsp3) is 0.0500. The molecule has 2 aromatic heterocycles. The summed E-state index contributed by atoms with van der Waals surface area (Å²) in [5, 5.41) is 0.179. The van der Waals surface area contributed by atoms with Gasteiger partial charge >= 0.3 is 5.76 Å². The Kier molecular flexibility index (Phi) is 3.73. The van der Waals surface area contributed by atoms with Gasteiger partial charge < -0.3 is 8.98 Å². The molecular formula is C20H13FN2O3. The molecule has 0 aliphatic rings. The van der Waals surface area contributed by atoms with Crippen LogP contribution in [0.25, 0.3) is 33.5 Å². The summed E-state index contributed by atoms with van der Waals surface area (Å²) < 4.78 is 19.9. The first kappa shape index (κ1) is 16.0. The van der Waals surface area contributed by atoms with E-state index in [9.17, 15) is 14.0 Å². The van der Waals surface area contributed by atoms with Crippen LogP contribution in [-0.4, -0.2) is 9.55 Å². The molecule has 0 atom stereocenters. The molecule has 0 saturated heterocycles. The average Bonchev–Trinajstić information content (AvgIpc) is 2.65. The van der Waals surface area contributed by atoms with Crippen LogP contribution in [0.2, 0.25) is 0 Å². The van der Waals surface area contributed by atoms with E-state index >= 15 is 0 Å². The van der Waals surface area contributed by atoms with Crippen molar-refractivity contribution in [3.63, 3.8) is 0 Å². The van der Waals surface area contributed by atoms with Crippen LogP contribution in [0.1, 0.15) is 0 Å². The Labute approximate surface area is 147 Å². The number of benzene rings is 2. The van der Waals surface area contributed by atoms with E-state index in [2.05, 4.69) is 4.98 Å². The molecular weight excluding hydrogens is 335 g/mol. The first-order valence-electron chi connectivity index (χ1n) is 7.91. The van der Waals surface area contributed by atoms with E-state index < -0.39 is 11.6 Å². The van der Waals surface area contributed by atoms with Gasteiger partial charge in [-0.15, -0.1) is 0 Å². The molecule has 2 aromatic carbocycles. The van der Waals surface area contributed by atoms with Crippen LogP contribution in [0.5, 0.6) is 0 Å². The Morgan fingerprint density at radius 1 is 0.962 bits per heavy atom. The lowest BCUT2D eigenvalue weighted by Crippen LogP contribution is -2.21. The highest BCUT2D eigenvalue weighted by Crippen LogP contribution is 2.26. The van der Waals surface area contributed by atoms with Gasteiger partial charge in [-0.05, 0) is 29.8 Å². The van der Waals surface area contributed by atoms with E-state index in [1.807, 2.05) is 30.3 Å². The number of pyridine rings is 1. The second kappa shape index (κ2) is 6.07. The fourth-order valence-electron chi connectivity index (χ4n) is 2.94. The van der Waals surface area contributed by atoms with Gasteiger partial charge in [-0.3, -0.25) is 4.79 Å². The van der Waals surface area contributed by atoms with Crippen LogP contribution < -0.4 is 11.3 Å². The molecule has 0 spiro atoms. The quantitative estimate of drug-likeness (QED) is 0.557. The Balaban J connectivity index is 2.08. The summed E-state index contributed by atoms with van der Waals surface area (Å²) in [5.41, 5.74) is 1.87. The molecule has 4 rings (SSSR count). The van der Waals surface area contributed by atoms with Crippen molar-refractivity contribution < 1.29 is 8.81 Å². The van der Waals surface area contributed by atoms with Gasteiger partial charge in [-0.2, -0.15) is 4.98 Å². The number of halogens is 1. The number of fused-ring (bicyclic) bond motifs is 1. The fourth-order valence-corrected chi connectivity index (χ4v) is 2.94. The summed E-state index contributed by atoms with van der Waals surface area (Å²) in [4.78, 5) is 28.8. The van der Waals surface area contributed by atoms with Crippen molar-refractivity contribution in [1.29, 1.82) is 0 Å². The molecule has 5 nitrogen and oxygen atoms in total. The summed E-state index contributed by atoms with van der Waals surface area (Å²) in [6.45, 7) is 0. The van der Waals surface area contributed by atoms with E-state index in [-0.39, 0.29) is 22.2 Å². The summed E-state index contributed by atoms with van der Waals surface area (Å²) in [7, 11) is 1.64. The lowest BCUT2D eigenvalue weighted by atomic mass is 10.1. The molecule has 0 N–H and O–H groups in total. The number of aromatic nitrogens is 2. The van der Waals surface area contributed by atoms with Gasteiger partial charge in [0.05, 0.1) is 11.4 Å². The van der Waals surface area contributed by atoms with Crippen molar-refractivity contribution >= 4 is 11.0 Å². The van der Waals surface area contributed by atoms with Gasteiger partial charge in [-0.1, -0.05) is 30.3 Å². The Bertz CT molecular complexity index is 1230. The molecule has 0 bridgehead atoms. The molecule has 4 aromatic rings. The van der Waals surface area contributed by atoms with Crippen molar-refractivity contribution in [1.82, 2.24) is 9.55 Å². The normalized spacial score (nSPS) is 11.0. The zero-order chi connectivity index (χ0) is 18.3. The average molecular weight is 348 g/mol. The van der Waals surface area contributed by atoms with Gasteiger partial charge in [0, 0.05) is 18.7 Å². The Morgan fingerprint density at radius 3 is 2.35 bits per heavy atom.